The zero-order valence-electron chi connectivity index (χ0n) is 16.3. The average Bonchev–Trinajstić information content (AvgIpc) is 2.49. The lowest BCUT2D eigenvalue weighted by molar-refractivity contribution is -0.143. The number of ether oxygens (including phenoxy) is 2. The Bertz CT molecular complexity index is 596. The van der Waals surface area contributed by atoms with Crippen LogP contribution in [-0.2, 0) is 14.3 Å². The van der Waals surface area contributed by atoms with E-state index in [2.05, 4.69) is 10.6 Å². The summed E-state index contributed by atoms with van der Waals surface area (Å²) in [5.74, 6) is -1.03. The molecule has 1 aromatic carbocycles. The van der Waals surface area contributed by atoms with Gasteiger partial charge < -0.3 is 19.9 Å². The molecule has 0 aliphatic rings. The van der Waals surface area contributed by atoms with Crippen LogP contribution < -0.4 is 10.6 Å². The van der Waals surface area contributed by atoms with Crippen molar-refractivity contribution in [2.45, 2.75) is 57.9 Å². The molecule has 26 heavy (non-hydrogen) atoms. The molecule has 0 aliphatic carbocycles. The van der Waals surface area contributed by atoms with Gasteiger partial charge in [0.15, 0.2) is 0 Å². The number of alkyl carbamates (subject to hydrolysis) is 1. The molecule has 0 fully saturated rings. The van der Waals surface area contributed by atoms with Crippen LogP contribution in [0.4, 0.5) is 4.79 Å². The number of carboxylic acids is 1. The highest BCUT2D eigenvalue weighted by atomic mass is 16.6. The monoisotopic (exact) mass is 366 g/mol. The third kappa shape index (κ3) is 7.41. The topological polar surface area (TPSA) is 96.9 Å². The average molecular weight is 366 g/mol. The van der Waals surface area contributed by atoms with E-state index in [1.165, 1.54) is 7.11 Å². The molecule has 146 valence electrons. The number of hydrogen-bond donors (Lipinski definition) is 3. The van der Waals surface area contributed by atoms with Crippen LogP contribution in [0, 0.1) is 0 Å². The van der Waals surface area contributed by atoms with Gasteiger partial charge in [-0.3, -0.25) is 10.1 Å². The number of carbonyl (C=O) groups excluding carboxylic acids is 1. The molecule has 7 nitrogen and oxygen atoms in total. The Morgan fingerprint density at radius 3 is 2.15 bits per heavy atom. The molecular formula is C19H30N2O5. The van der Waals surface area contributed by atoms with Gasteiger partial charge in [-0.05, 0) is 40.2 Å². The van der Waals surface area contributed by atoms with Crippen molar-refractivity contribution in [2.75, 3.05) is 13.7 Å². The summed E-state index contributed by atoms with van der Waals surface area (Å²) in [6.07, 6.45) is -1.21. The van der Waals surface area contributed by atoms with Gasteiger partial charge in [0.1, 0.15) is 17.7 Å². The molecule has 3 N–H and O–H groups in total. The Morgan fingerprint density at radius 1 is 1.12 bits per heavy atom. The maximum atomic E-state index is 12.0. The van der Waals surface area contributed by atoms with E-state index in [9.17, 15) is 14.7 Å². The second-order valence-corrected chi connectivity index (χ2v) is 7.77. The number of nitrogens with one attached hydrogen (secondary N) is 2. The highest BCUT2D eigenvalue weighted by Crippen LogP contribution is 2.21. The van der Waals surface area contributed by atoms with E-state index in [0.29, 0.717) is 0 Å². The van der Waals surface area contributed by atoms with Gasteiger partial charge in [0, 0.05) is 13.7 Å². The van der Waals surface area contributed by atoms with Gasteiger partial charge >= 0.3 is 12.1 Å². The summed E-state index contributed by atoms with van der Waals surface area (Å²) in [5, 5.41) is 15.3. The number of methoxy groups -OCH3 is 1. The molecule has 0 aromatic heterocycles. The van der Waals surface area contributed by atoms with Crippen LogP contribution in [0.2, 0.25) is 0 Å². The van der Waals surface area contributed by atoms with E-state index in [1.807, 2.05) is 30.3 Å². The predicted octanol–water partition coefficient (Wildman–Crippen LogP) is 2.72. The van der Waals surface area contributed by atoms with Crippen molar-refractivity contribution < 1.29 is 24.2 Å². The van der Waals surface area contributed by atoms with Crippen LogP contribution in [0.1, 0.15) is 46.3 Å². The number of rotatable bonds is 8. The van der Waals surface area contributed by atoms with Gasteiger partial charge in [0.05, 0.1) is 5.54 Å². The summed E-state index contributed by atoms with van der Waals surface area (Å²) in [5.41, 5.74) is -0.566. The Kier molecular flexibility index (Phi) is 7.59. The lowest BCUT2D eigenvalue weighted by atomic mass is 10.00. The minimum absolute atomic E-state index is 0.218. The first-order valence-electron chi connectivity index (χ1n) is 8.50. The summed E-state index contributed by atoms with van der Waals surface area (Å²) >= 11 is 0. The minimum Gasteiger partial charge on any atom is -0.480 e. The molecule has 0 radical (unpaired) electrons. The smallest absolute Gasteiger partial charge is 0.408 e. The molecule has 0 bridgehead atoms. The third-order valence-electron chi connectivity index (χ3n) is 3.55. The summed E-state index contributed by atoms with van der Waals surface area (Å²) in [6, 6.07) is 8.17. The van der Waals surface area contributed by atoms with Gasteiger partial charge in [-0.15, -0.1) is 0 Å². The van der Waals surface area contributed by atoms with E-state index in [1.54, 1.807) is 34.6 Å². The highest BCUT2D eigenvalue weighted by molar-refractivity contribution is 5.74. The van der Waals surface area contributed by atoms with Crippen molar-refractivity contribution in [3.63, 3.8) is 0 Å². The zero-order valence-corrected chi connectivity index (χ0v) is 16.3. The molecule has 1 rings (SSSR count). The lowest BCUT2D eigenvalue weighted by Gasteiger charge is -2.31. The van der Waals surface area contributed by atoms with Gasteiger partial charge in [-0.2, -0.15) is 0 Å². The van der Waals surface area contributed by atoms with Crippen LogP contribution in [-0.4, -0.2) is 48.0 Å². The highest BCUT2D eigenvalue weighted by Gasteiger charge is 2.32. The predicted molar refractivity (Wildman–Crippen MR) is 99.1 cm³/mol. The van der Waals surface area contributed by atoms with E-state index in [-0.39, 0.29) is 6.54 Å². The lowest BCUT2D eigenvalue weighted by Crippen LogP contribution is -2.55. The standard InChI is InChI=1S/C19H30N2O5/c1-18(2,3)26-17(24)21-19(4,5)12-20-14(16(22)23)15(25-6)13-10-8-7-9-11-13/h7-11,14-15,20H,12H2,1-6H3,(H,21,24)(H,22,23)/t14-,15?/m1/s1. The normalized spacial score (nSPS) is 14.4. The molecule has 7 heteroatoms. The van der Waals surface area contributed by atoms with Crippen molar-refractivity contribution in [3.05, 3.63) is 35.9 Å². The van der Waals surface area contributed by atoms with Crippen molar-refractivity contribution >= 4 is 12.1 Å². The zero-order chi connectivity index (χ0) is 20.0. The first kappa shape index (κ1) is 21.9. The molecule has 0 aliphatic heterocycles. The Morgan fingerprint density at radius 2 is 1.69 bits per heavy atom. The molecule has 0 spiro atoms. The van der Waals surface area contributed by atoms with Gasteiger partial charge in [0.2, 0.25) is 0 Å². The number of benzene rings is 1. The van der Waals surface area contributed by atoms with Crippen LogP contribution in [0.5, 0.6) is 0 Å². The first-order valence-corrected chi connectivity index (χ1v) is 8.50. The third-order valence-corrected chi connectivity index (χ3v) is 3.55. The molecule has 2 atom stereocenters. The van der Waals surface area contributed by atoms with Gasteiger partial charge in [0.25, 0.3) is 0 Å². The van der Waals surface area contributed by atoms with Crippen LogP contribution in [0.3, 0.4) is 0 Å². The maximum absolute atomic E-state index is 12.0. The van der Waals surface area contributed by atoms with Crippen LogP contribution in [0.15, 0.2) is 30.3 Å². The number of hydrogen-bond acceptors (Lipinski definition) is 5. The SMILES string of the molecule is COC(c1ccccc1)[C@@H](NCC(C)(C)NC(=O)OC(C)(C)C)C(=O)O. The molecule has 1 aromatic rings. The largest absolute Gasteiger partial charge is 0.480 e. The van der Waals surface area contributed by atoms with Crippen molar-refractivity contribution in [1.29, 1.82) is 0 Å². The Labute approximate surface area is 155 Å². The van der Waals surface area contributed by atoms with Gasteiger partial charge in [-0.25, -0.2) is 4.79 Å². The molecule has 1 unspecified atom stereocenters. The number of aliphatic carboxylic acids is 1. The van der Waals surface area contributed by atoms with Crippen LogP contribution >= 0.6 is 0 Å². The first-order chi connectivity index (χ1) is 11.9. The summed E-state index contributed by atoms with van der Waals surface area (Å²) in [6.45, 7) is 9.13. The van der Waals surface area contributed by atoms with Crippen molar-refractivity contribution in [3.8, 4) is 0 Å². The van der Waals surface area contributed by atoms with E-state index < -0.39 is 35.3 Å². The molecule has 1 amide bonds. The quantitative estimate of drug-likeness (QED) is 0.655. The van der Waals surface area contributed by atoms with Crippen molar-refractivity contribution in [2.24, 2.45) is 0 Å². The van der Waals surface area contributed by atoms with Gasteiger partial charge in [-0.1, -0.05) is 30.3 Å². The summed E-state index contributed by atoms with van der Waals surface area (Å²) < 4.78 is 10.7. The number of amides is 1. The second-order valence-electron chi connectivity index (χ2n) is 7.77. The minimum atomic E-state index is -1.03. The van der Waals surface area contributed by atoms with E-state index in [0.717, 1.165) is 5.56 Å². The molecular weight excluding hydrogens is 336 g/mol. The maximum Gasteiger partial charge on any atom is 0.408 e. The van der Waals surface area contributed by atoms with E-state index >= 15 is 0 Å². The second kappa shape index (κ2) is 9.00. The summed E-state index contributed by atoms with van der Waals surface area (Å²) in [7, 11) is 1.47. The Hall–Kier alpha value is -2.12. The van der Waals surface area contributed by atoms with E-state index in [4.69, 9.17) is 9.47 Å². The van der Waals surface area contributed by atoms with Crippen LogP contribution in [0.25, 0.3) is 0 Å². The number of carbonyl (C=O) groups is 2. The Balaban J connectivity index is 2.78. The molecule has 0 saturated carbocycles. The number of carboxylic acid groups (broad SMARTS) is 1. The molecule has 0 saturated heterocycles. The van der Waals surface area contributed by atoms with Crippen molar-refractivity contribution in [1.82, 2.24) is 10.6 Å². The molecule has 0 heterocycles. The summed E-state index contributed by atoms with van der Waals surface area (Å²) in [4.78, 5) is 23.7. The fraction of sp³-hybridized carbons (Fsp3) is 0.579. The fourth-order valence-corrected chi connectivity index (χ4v) is 2.42. The fourth-order valence-electron chi connectivity index (χ4n) is 2.42.